The van der Waals surface area contributed by atoms with Gasteiger partial charge in [0.1, 0.15) is 5.82 Å². The summed E-state index contributed by atoms with van der Waals surface area (Å²) in [6, 6.07) is 17.6. The number of halogens is 1. The van der Waals surface area contributed by atoms with Gasteiger partial charge in [0.25, 0.3) is 0 Å². The maximum Gasteiger partial charge on any atom is 0.243 e. The second-order valence-corrected chi connectivity index (χ2v) is 8.96. The number of nitrogens with one attached hydrogen (secondary N) is 1. The Hall–Kier alpha value is -3.26. The highest BCUT2D eigenvalue weighted by molar-refractivity contribution is 7.91. The Bertz CT molecular complexity index is 1170. The second kappa shape index (κ2) is 9.04. The van der Waals surface area contributed by atoms with E-state index in [1.807, 2.05) is 36.4 Å². The van der Waals surface area contributed by atoms with Crippen LogP contribution in [-0.4, -0.2) is 44.5 Å². The number of carbonyl (C=O) groups excluding carboxylic acids is 2. The highest BCUT2D eigenvalue weighted by atomic mass is 32.2. The van der Waals surface area contributed by atoms with E-state index in [1.54, 1.807) is 6.07 Å². The van der Waals surface area contributed by atoms with Gasteiger partial charge in [0.05, 0.1) is 17.2 Å². The predicted molar refractivity (Wildman–Crippen MR) is 113 cm³/mol. The second-order valence-electron chi connectivity index (χ2n) is 6.85. The summed E-state index contributed by atoms with van der Waals surface area (Å²) in [5.74, 6) is -1.83. The molecule has 0 fully saturated rings. The molecule has 30 heavy (non-hydrogen) atoms. The highest BCUT2D eigenvalue weighted by Gasteiger charge is 2.19. The molecule has 2 amide bonds. The van der Waals surface area contributed by atoms with Crippen molar-refractivity contribution in [2.75, 3.05) is 24.7 Å². The number of amides is 2. The first kappa shape index (κ1) is 21.4. The zero-order valence-electron chi connectivity index (χ0n) is 16.3. The SMILES string of the molecule is CN(CC(=O)Nc1cccc2ccccc12)C(=O)CCS(=O)(=O)c1ccc(F)cc1. The average molecular weight is 428 g/mol. The van der Waals surface area contributed by atoms with Crippen LogP contribution in [0.2, 0.25) is 0 Å². The van der Waals surface area contributed by atoms with Gasteiger partial charge in [0.15, 0.2) is 9.84 Å². The van der Waals surface area contributed by atoms with E-state index in [9.17, 15) is 22.4 Å². The molecule has 3 rings (SSSR count). The van der Waals surface area contributed by atoms with E-state index in [0.717, 1.165) is 35.0 Å². The number of fused-ring (bicyclic) bond motifs is 1. The number of nitrogens with zero attached hydrogens (tertiary/aromatic N) is 1. The molecule has 0 aliphatic heterocycles. The molecular weight excluding hydrogens is 407 g/mol. The van der Waals surface area contributed by atoms with Crippen LogP contribution in [0.15, 0.2) is 71.6 Å². The average Bonchev–Trinajstić information content (AvgIpc) is 2.72. The minimum atomic E-state index is -3.72. The fourth-order valence-electron chi connectivity index (χ4n) is 3.00. The van der Waals surface area contributed by atoms with Crippen molar-refractivity contribution in [2.45, 2.75) is 11.3 Å². The summed E-state index contributed by atoms with van der Waals surface area (Å²) in [7, 11) is -2.28. The van der Waals surface area contributed by atoms with Crippen LogP contribution in [0.3, 0.4) is 0 Å². The van der Waals surface area contributed by atoms with Gasteiger partial charge in [-0.3, -0.25) is 9.59 Å². The Balaban J connectivity index is 1.57. The first-order valence-corrected chi connectivity index (χ1v) is 10.9. The van der Waals surface area contributed by atoms with Crippen LogP contribution in [0.1, 0.15) is 6.42 Å². The van der Waals surface area contributed by atoms with Crippen molar-refractivity contribution in [3.05, 3.63) is 72.5 Å². The van der Waals surface area contributed by atoms with Gasteiger partial charge in [0, 0.05) is 24.5 Å². The van der Waals surface area contributed by atoms with Crippen molar-refractivity contribution in [3.8, 4) is 0 Å². The minimum absolute atomic E-state index is 0.0481. The van der Waals surface area contributed by atoms with Crippen molar-refractivity contribution in [1.82, 2.24) is 4.90 Å². The fraction of sp³-hybridized carbons (Fsp3) is 0.182. The van der Waals surface area contributed by atoms with E-state index in [4.69, 9.17) is 0 Å². The fourth-order valence-corrected chi connectivity index (χ4v) is 4.23. The molecule has 0 atom stereocenters. The number of sulfone groups is 1. The van der Waals surface area contributed by atoms with E-state index in [1.165, 1.54) is 11.9 Å². The van der Waals surface area contributed by atoms with Crippen molar-refractivity contribution in [1.29, 1.82) is 0 Å². The molecular formula is C22H21FN2O4S. The van der Waals surface area contributed by atoms with Crippen LogP contribution in [0.25, 0.3) is 10.8 Å². The molecule has 0 bridgehead atoms. The number of hydrogen-bond donors (Lipinski definition) is 1. The molecule has 0 spiro atoms. The summed E-state index contributed by atoms with van der Waals surface area (Å²) in [6.45, 7) is -0.210. The molecule has 8 heteroatoms. The molecule has 6 nitrogen and oxygen atoms in total. The summed E-state index contributed by atoms with van der Waals surface area (Å²) in [5.41, 5.74) is 0.637. The summed E-state index contributed by atoms with van der Waals surface area (Å²) in [6.07, 6.45) is -0.280. The smallest absolute Gasteiger partial charge is 0.243 e. The number of rotatable bonds is 7. The lowest BCUT2D eigenvalue weighted by Crippen LogP contribution is -2.35. The molecule has 0 unspecified atom stereocenters. The molecule has 0 aromatic heterocycles. The lowest BCUT2D eigenvalue weighted by Gasteiger charge is -2.17. The molecule has 0 saturated carbocycles. The van der Waals surface area contributed by atoms with E-state index in [2.05, 4.69) is 5.32 Å². The zero-order chi connectivity index (χ0) is 21.7. The van der Waals surface area contributed by atoms with Gasteiger partial charge in [-0.25, -0.2) is 12.8 Å². The molecule has 3 aromatic rings. The number of hydrogen-bond acceptors (Lipinski definition) is 4. The third-order valence-electron chi connectivity index (χ3n) is 4.63. The maximum atomic E-state index is 13.0. The predicted octanol–water partition coefficient (Wildman–Crippen LogP) is 3.24. The molecule has 0 aliphatic carbocycles. The van der Waals surface area contributed by atoms with Crippen molar-refractivity contribution in [2.24, 2.45) is 0 Å². The summed E-state index contributed by atoms with van der Waals surface area (Å²) >= 11 is 0. The number of benzene rings is 3. The molecule has 1 N–H and O–H groups in total. The van der Waals surface area contributed by atoms with Crippen molar-refractivity contribution in [3.63, 3.8) is 0 Å². The van der Waals surface area contributed by atoms with Gasteiger partial charge in [-0.05, 0) is 35.7 Å². The Morgan fingerprint density at radius 1 is 0.967 bits per heavy atom. The van der Waals surface area contributed by atoms with E-state index >= 15 is 0 Å². The molecule has 0 radical (unpaired) electrons. The van der Waals surface area contributed by atoms with E-state index in [-0.39, 0.29) is 23.8 Å². The number of likely N-dealkylation sites (N-methyl/N-ethyl adjacent to an activating group) is 1. The molecule has 0 aliphatic rings. The molecule has 3 aromatic carbocycles. The van der Waals surface area contributed by atoms with Crippen LogP contribution in [-0.2, 0) is 19.4 Å². The number of anilines is 1. The summed E-state index contributed by atoms with van der Waals surface area (Å²) in [5, 5.41) is 4.65. The largest absolute Gasteiger partial charge is 0.336 e. The summed E-state index contributed by atoms with van der Waals surface area (Å²) < 4.78 is 37.5. The normalized spacial score (nSPS) is 11.3. The van der Waals surface area contributed by atoms with Gasteiger partial charge < -0.3 is 10.2 Å². The van der Waals surface area contributed by atoms with Gasteiger partial charge in [-0.2, -0.15) is 0 Å². The molecule has 0 heterocycles. The Kier molecular flexibility index (Phi) is 6.47. The number of carbonyl (C=O) groups is 2. The first-order chi connectivity index (χ1) is 14.3. The van der Waals surface area contributed by atoms with Crippen LogP contribution in [0.4, 0.5) is 10.1 Å². The zero-order valence-corrected chi connectivity index (χ0v) is 17.2. The van der Waals surface area contributed by atoms with Crippen LogP contribution >= 0.6 is 0 Å². The Morgan fingerprint density at radius 3 is 2.37 bits per heavy atom. The van der Waals surface area contributed by atoms with Crippen LogP contribution < -0.4 is 5.32 Å². The Morgan fingerprint density at radius 2 is 1.63 bits per heavy atom. The van der Waals surface area contributed by atoms with E-state index in [0.29, 0.717) is 5.69 Å². The highest BCUT2D eigenvalue weighted by Crippen LogP contribution is 2.22. The first-order valence-electron chi connectivity index (χ1n) is 9.26. The third-order valence-corrected chi connectivity index (χ3v) is 6.36. The van der Waals surface area contributed by atoms with Gasteiger partial charge in [-0.1, -0.05) is 36.4 Å². The van der Waals surface area contributed by atoms with Gasteiger partial charge >= 0.3 is 0 Å². The minimum Gasteiger partial charge on any atom is -0.336 e. The van der Waals surface area contributed by atoms with Crippen LogP contribution in [0.5, 0.6) is 0 Å². The Labute approximate surface area is 174 Å². The van der Waals surface area contributed by atoms with Gasteiger partial charge in [0.2, 0.25) is 11.8 Å². The summed E-state index contributed by atoms with van der Waals surface area (Å²) in [4.78, 5) is 25.8. The van der Waals surface area contributed by atoms with Crippen molar-refractivity contribution >= 4 is 38.1 Å². The lowest BCUT2D eigenvalue weighted by molar-refractivity contribution is -0.132. The standard InChI is InChI=1S/C22H21FN2O4S/c1-25(22(27)13-14-30(28,29)18-11-9-17(23)10-12-18)15-21(26)24-20-8-4-6-16-5-2-3-7-19(16)20/h2-12H,13-15H2,1H3,(H,24,26). The maximum absolute atomic E-state index is 13.0. The molecule has 156 valence electrons. The lowest BCUT2D eigenvalue weighted by atomic mass is 10.1. The third kappa shape index (κ3) is 5.21. The van der Waals surface area contributed by atoms with Crippen molar-refractivity contribution < 1.29 is 22.4 Å². The topological polar surface area (TPSA) is 83.6 Å². The molecule has 0 saturated heterocycles. The quantitative estimate of drug-likeness (QED) is 0.586. The van der Waals surface area contributed by atoms with Crippen LogP contribution in [0, 0.1) is 5.82 Å². The van der Waals surface area contributed by atoms with E-state index < -0.39 is 27.3 Å². The monoisotopic (exact) mass is 428 g/mol. The van der Waals surface area contributed by atoms with Gasteiger partial charge in [-0.15, -0.1) is 0 Å².